The Morgan fingerprint density at radius 3 is 2.69 bits per heavy atom. The fourth-order valence-corrected chi connectivity index (χ4v) is 7.50. The van der Waals surface area contributed by atoms with Gasteiger partial charge in [0.25, 0.3) is 0 Å². The van der Waals surface area contributed by atoms with Gasteiger partial charge in [0, 0.05) is 25.7 Å². The number of allylic oxidation sites excluding steroid dienone is 3. The lowest BCUT2D eigenvalue weighted by molar-refractivity contribution is -0.148. The van der Waals surface area contributed by atoms with Gasteiger partial charge in [-0.1, -0.05) is 37.6 Å². The lowest BCUT2D eigenvalue weighted by Gasteiger charge is -2.57. The molecule has 0 aromatic carbocycles. The first-order valence-corrected chi connectivity index (χ1v) is 11.4. The van der Waals surface area contributed by atoms with Crippen molar-refractivity contribution in [3.8, 4) is 0 Å². The Bertz CT molecular complexity index is 872. The Kier molecular flexibility index (Phi) is 4.49. The van der Waals surface area contributed by atoms with Crippen molar-refractivity contribution >= 4 is 11.5 Å². The van der Waals surface area contributed by atoms with Crippen LogP contribution in [0.25, 0.3) is 5.57 Å². The molecule has 0 N–H and O–H groups in total. The molecule has 1 aromatic heterocycles. The molecule has 1 aromatic rings. The van der Waals surface area contributed by atoms with E-state index in [9.17, 15) is 4.79 Å². The van der Waals surface area contributed by atoms with E-state index in [1.165, 1.54) is 43.7 Å². The Labute approximate surface area is 174 Å². The van der Waals surface area contributed by atoms with Crippen LogP contribution in [0.3, 0.4) is 0 Å². The second-order valence-corrected chi connectivity index (χ2v) is 10.3. The van der Waals surface area contributed by atoms with E-state index in [0.29, 0.717) is 0 Å². The van der Waals surface area contributed by atoms with Crippen molar-refractivity contribution in [1.82, 2.24) is 4.98 Å². The number of carbonyl (C=O) groups is 1. The van der Waals surface area contributed by atoms with Crippen LogP contribution in [0.1, 0.15) is 71.3 Å². The van der Waals surface area contributed by atoms with E-state index in [4.69, 9.17) is 4.74 Å². The van der Waals surface area contributed by atoms with Gasteiger partial charge in [-0.15, -0.1) is 0 Å². The number of rotatable bonds is 2. The van der Waals surface area contributed by atoms with Gasteiger partial charge in [-0.25, -0.2) is 0 Å². The van der Waals surface area contributed by atoms with Gasteiger partial charge < -0.3 is 4.74 Å². The molecular weight excluding hydrogens is 358 g/mol. The third-order valence-corrected chi connectivity index (χ3v) is 8.94. The molecule has 5 rings (SSSR count). The molecule has 154 valence electrons. The lowest BCUT2D eigenvalue weighted by Crippen LogP contribution is -2.50. The molecule has 0 radical (unpaired) electrons. The Morgan fingerprint density at radius 2 is 1.93 bits per heavy atom. The van der Waals surface area contributed by atoms with E-state index in [2.05, 4.69) is 43.1 Å². The van der Waals surface area contributed by atoms with Gasteiger partial charge in [0.05, 0.1) is 0 Å². The smallest absolute Gasteiger partial charge is 0.302 e. The highest BCUT2D eigenvalue weighted by Crippen LogP contribution is 2.66. The molecular formula is C26H33NO2. The molecule has 0 aliphatic heterocycles. The molecule has 4 aliphatic rings. The summed E-state index contributed by atoms with van der Waals surface area (Å²) < 4.78 is 5.58. The van der Waals surface area contributed by atoms with Gasteiger partial charge in [0.2, 0.25) is 0 Å². The summed E-state index contributed by atoms with van der Waals surface area (Å²) in [5.41, 5.74) is 4.99. The van der Waals surface area contributed by atoms with Crippen LogP contribution >= 0.6 is 0 Å². The van der Waals surface area contributed by atoms with Crippen LogP contribution in [0, 0.1) is 28.6 Å². The number of esters is 1. The summed E-state index contributed by atoms with van der Waals surface area (Å²) in [6.07, 6.45) is 17.1. The number of nitrogens with zero attached hydrogens (tertiary/aromatic N) is 1. The molecule has 2 fully saturated rings. The standard InChI is InChI=1S/C26H33NO2/c1-17(28)29-20-10-12-25(2)19(15-20)6-7-21-23-9-8-22(18-5-4-14-27-16-18)26(23,3)13-11-24(21)25/h4-6,8,14,16,20-21,23-24H,7,9-13,15H2,1-3H3/t20-,21-,23-,24-,25+,26-/m1/s1. The minimum absolute atomic E-state index is 0.0857. The van der Waals surface area contributed by atoms with E-state index in [1.54, 1.807) is 5.57 Å². The highest BCUT2D eigenvalue weighted by Gasteiger charge is 2.56. The first kappa shape index (κ1) is 19.1. The predicted molar refractivity (Wildman–Crippen MR) is 115 cm³/mol. The van der Waals surface area contributed by atoms with Gasteiger partial charge in [0.1, 0.15) is 6.10 Å². The molecule has 1 heterocycles. The third kappa shape index (κ3) is 2.92. The number of fused-ring (bicyclic) bond motifs is 5. The molecule has 2 saturated carbocycles. The lowest BCUT2D eigenvalue weighted by atomic mass is 9.47. The minimum atomic E-state index is -0.138. The molecule has 3 heteroatoms. The molecule has 29 heavy (non-hydrogen) atoms. The van der Waals surface area contributed by atoms with E-state index < -0.39 is 0 Å². The van der Waals surface area contributed by atoms with Crippen molar-refractivity contribution in [1.29, 1.82) is 0 Å². The van der Waals surface area contributed by atoms with Crippen molar-refractivity contribution in [2.75, 3.05) is 0 Å². The topological polar surface area (TPSA) is 39.2 Å². The summed E-state index contributed by atoms with van der Waals surface area (Å²) in [5, 5.41) is 0. The average molecular weight is 392 g/mol. The van der Waals surface area contributed by atoms with Crippen molar-refractivity contribution in [2.45, 2.75) is 71.8 Å². The minimum Gasteiger partial charge on any atom is -0.462 e. The van der Waals surface area contributed by atoms with Crippen LogP contribution in [-0.4, -0.2) is 17.1 Å². The van der Waals surface area contributed by atoms with Crippen molar-refractivity contribution in [2.24, 2.45) is 28.6 Å². The number of pyridine rings is 1. The largest absolute Gasteiger partial charge is 0.462 e. The second kappa shape index (κ2) is 6.82. The van der Waals surface area contributed by atoms with Crippen molar-refractivity contribution < 1.29 is 9.53 Å². The first-order chi connectivity index (χ1) is 13.9. The summed E-state index contributed by atoms with van der Waals surface area (Å²) in [6, 6.07) is 4.30. The van der Waals surface area contributed by atoms with Gasteiger partial charge in [0.15, 0.2) is 0 Å². The van der Waals surface area contributed by atoms with Crippen LogP contribution < -0.4 is 0 Å². The van der Waals surface area contributed by atoms with E-state index in [-0.39, 0.29) is 22.9 Å². The summed E-state index contributed by atoms with van der Waals surface area (Å²) in [5.74, 6) is 2.12. The molecule has 0 bridgehead atoms. The van der Waals surface area contributed by atoms with Gasteiger partial charge in [-0.2, -0.15) is 0 Å². The predicted octanol–water partition coefficient (Wildman–Crippen LogP) is 5.97. The van der Waals surface area contributed by atoms with Gasteiger partial charge in [-0.3, -0.25) is 9.78 Å². The second-order valence-electron chi connectivity index (χ2n) is 10.3. The summed E-state index contributed by atoms with van der Waals surface area (Å²) in [6.45, 7) is 6.56. The molecule has 0 saturated heterocycles. The van der Waals surface area contributed by atoms with Crippen molar-refractivity contribution in [3.05, 3.63) is 47.8 Å². The molecule has 0 spiro atoms. The monoisotopic (exact) mass is 391 g/mol. The van der Waals surface area contributed by atoms with E-state index >= 15 is 0 Å². The number of ether oxygens (including phenoxy) is 1. The first-order valence-electron chi connectivity index (χ1n) is 11.4. The van der Waals surface area contributed by atoms with E-state index in [0.717, 1.165) is 37.0 Å². The fraction of sp³-hybridized carbons (Fsp3) is 0.615. The average Bonchev–Trinajstić information content (AvgIpc) is 3.06. The summed E-state index contributed by atoms with van der Waals surface area (Å²) in [7, 11) is 0. The molecule has 4 aliphatic carbocycles. The van der Waals surface area contributed by atoms with Crippen LogP contribution in [0.15, 0.2) is 42.3 Å². The maximum absolute atomic E-state index is 11.4. The molecule has 3 nitrogen and oxygen atoms in total. The van der Waals surface area contributed by atoms with Crippen LogP contribution in [0.4, 0.5) is 0 Å². The number of hydrogen-bond acceptors (Lipinski definition) is 3. The highest BCUT2D eigenvalue weighted by molar-refractivity contribution is 5.72. The van der Waals surface area contributed by atoms with Crippen LogP contribution in [0.5, 0.6) is 0 Å². The number of aromatic nitrogens is 1. The maximum Gasteiger partial charge on any atom is 0.302 e. The zero-order valence-electron chi connectivity index (χ0n) is 18.0. The highest BCUT2D eigenvalue weighted by atomic mass is 16.5. The van der Waals surface area contributed by atoms with Crippen LogP contribution in [0.2, 0.25) is 0 Å². The normalized spacial score (nSPS) is 40.8. The molecule has 0 amide bonds. The summed E-state index contributed by atoms with van der Waals surface area (Å²) in [4.78, 5) is 15.8. The van der Waals surface area contributed by atoms with Gasteiger partial charge >= 0.3 is 5.97 Å². The Hall–Kier alpha value is -1.90. The fourth-order valence-electron chi connectivity index (χ4n) is 7.50. The van der Waals surface area contributed by atoms with E-state index in [1.807, 2.05) is 12.4 Å². The van der Waals surface area contributed by atoms with Crippen LogP contribution in [-0.2, 0) is 9.53 Å². The summed E-state index contributed by atoms with van der Waals surface area (Å²) >= 11 is 0. The Balaban J connectivity index is 1.41. The zero-order chi connectivity index (χ0) is 20.2. The SMILES string of the molecule is CC(=O)O[C@@H]1CC[C@@]2(C)C(=CC[C@H]3[C@H]2CC[C@]2(C)C(c4cccnc4)=CC[C@H]32)C1. The quantitative estimate of drug-likeness (QED) is 0.460. The molecule has 0 unspecified atom stereocenters. The third-order valence-electron chi connectivity index (χ3n) is 8.94. The number of hydrogen-bond donors (Lipinski definition) is 0. The number of carbonyl (C=O) groups excluding carboxylic acids is 1. The Morgan fingerprint density at radius 1 is 1.10 bits per heavy atom. The zero-order valence-corrected chi connectivity index (χ0v) is 18.0. The maximum atomic E-state index is 11.4. The van der Waals surface area contributed by atoms with Crippen molar-refractivity contribution in [3.63, 3.8) is 0 Å². The van der Waals surface area contributed by atoms with Gasteiger partial charge in [-0.05, 0) is 84.3 Å². The molecule has 6 atom stereocenters.